The number of thioether (sulfide) groups is 1. The van der Waals surface area contributed by atoms with Crippen LogP contribution in [0.25, 0.3) is 0 Å². The Labute approximate surface area is 112 Å². The van der Waals surface area contributed by atoms with Gasteiger partial charge in [0, 0.05) is 29.1 Å². The van der Waals surface area contributed by atoms with Crippen molar-refractivity contribution in [3.05, 3.63) is 34.9 Å². The molecule has 1 heterocycles. The number of benzene rings is 1. The van der Waals surface area contributed by atoms with Crippen molar-refractivity contribution in [2.75, 3.05) is 25.1 Å². The topological polar surface area (TPSA) is 41.3 Å². The van der Waals surface area contributed by atoms with Crippen molar-refractivity contribution in [3.8, 4) is 0 Å². The molecule has 0 amide bonds. The fourth-order valence-corrected chi connectivity index (χ4v) is 3.55. The SMILES string of the molecule is CN1CCSCC1C(NN)c1ccc(Cl)cc1. The monoisotopic (exact) mass is 271 g/mol. The van der Waals surface area contributed by atoms with E-state index in [-0.39, 0.29) is 6.04 Å². The number of nitrogens with zero attached hydrogens (tertiary/aromatic N) is 1. The molecule has 1 fully saturated rings. The van der Waals surface area contributed by atoms with Gasteiger partial charge in [-0.05, 0) is 24.7 Å². The predicted octanol–water partition coefficient (Wildman–Crippen LogP) is 1.89. The van der Waals surface area contributed by atoms with Crippen LogP contribution in [0.3, 0.4) is 0 Å². The van der Waals surface area contributed by atoms with E-state index in [0.29, 0.717) is 6.04 Å². The first-order valence-corrected chi connectivity index (χ1v) is 7.25. The lowest BCUT2D eigenvalue weighted by Gasteiger charge is -2.37. The molecule has 0 bridgehead atoms. The van der Waals surface area contributed by atoms with Crippen molar-refractivity contribution in [1.29, 1.82) is 0 Å². The fraction of sp³-hybridized carbons (Fsp3) is 0.500. The Balaban J connectivity index is 2.17. The lowest BCUT2D eigenvalue weighted by atomic mass is 10.00. The highest BCUT2D eigenvalue weighted by Crippen LogP contribution is 2.26. The minimum absolute atomic E-state index is 0.157. The van der Waals surface area contributed by atoms with Crippen molar-refractivity contribution < 1.29 is 0 Å². The van der Waals surface area contributed by atoms with E-state index < -0.39 is 0 Å². The van der Waals surface area contributed by atoms with Gasteiger partial charge in [0.2, 0.25) is 0 Å². The van der Waals surface area contributed by atoms with Crippen LogP contribution in [0, 0.1) is 0 Å². The number of likely N-dealkylation sites (N-methyl/N-ethyl adjacent to an activating group) is 1. The van der Waals surface area contributed by atoms with Crippen molar-refractivity contribution in [1.82, 2.24) is 10.3 Å². The van der Waals surface area contributed by atoms with Crippen LogP contribution in [0.1, 0.15) is 11.6 Å². The number of nitrogens with two attached hydrogens (primary N) is 1. The average molecular weight is 272 g/mol. The summed E-state index contributed by atoms with van der Waals surface area (Å²) in [6.07, 6.45) is 0. The first-order valence-electron chi connectivity index (χ1n) is 5.72. The van der Waals surface area contributed by atoms with Crippen LogP contribution in [-0.4, -0.2) is 36.0 Å². The van der Waals surface area contributed by atoms with Gasteiger partial charge in [0.15, 0.2) is 0 Å². The van der Waals surface area contributed by atoms with E-state index in [1.165, 1.54) is 11.3 Å². The molecule has 1 aliphatic heterocycles. The normalized spacial score (nSPS) is 23.6. The number of nitrogens with one attached hydrogen (secondary N) is 1. The Hall–Kier alpha value is -0.260. The first kappa shape index (κ1) is 13.2. The summed E-state index contributed by atoms with van der Waals surface area (Å²) in [4.78, 5) is 2.37. The van der Waals surface area contributed by atoms with Crippen molar-refractivity contribution >= 4 is 23.4 Å². The molecule has 0 spiro atoms. The van der Waals surface area contributed by atoms with E-state index in [0.717, 1.165) is 17.3 Å². The van der Waals surface area contributed by atoms with Gasteiger partial charge in [-0.3, -0.25) is 16.2 Å². The van der Waals surface area contributed by atoms with Crippen molar-refractivity contribution in [2.45, 2.75) is 12.1 Å². The van der Waals surface area contributed by atoms with E-state index in [1.807, 2.05) is 36.0 Å². The van der Waals surface area contributed by atoms with Gasteiger partial charge < -0.3 is 0 Å². The lowest BCUT2D eigenvalue weighted by Crippen LogP contribution is -2.49. The zero-order valence-electron chi connectivity index (χ0n) is 9.90. The maximum Gasteiger partial charge on any atom is 0.0623 e. The Bertz CT molecular complexity index is 357. The molecule has 94 valence electrons. The second kappa shape index (κ2) is 6.07. The van der Waals surface area contributed by atoms with Crippen LogP contribution in [0.4, 0.5) is 0 Å². The maximum absolute atomic E-state index is 5.91. The smallest absolute Gasteiger partial charge is 0.0623 e. The highest BCUT2D eigenvalue weighted by Gasteiger charge is 2.28. The second-order valence-electron chi connectivity index (χ2n) is 4.32. The minimum Gasteiger partial charge on any atom is -0.300 e. The molecule has 2 unspecified atom stereocenters. The van der Waals surface area contributed by atoms with Gasteiger partial charge in [-0.1, -0.05) is 23.7 Å². The zero-order chi connectivity index (χ0) is 12.3. The van der Waals surface area contributed by atoms with Crippen molar-refractivity contribution in [2.24, 2.45) is 5.84 Å². The summed E-state index contributed by atoms with van der Waals surface area (Å²) in [5.74, 6) is 8.02. The maximum atomic E-state index is 5.91. The molecule has 1 aliphatic rings. The van der Waals surface area contributed by atoms with Crippen LogP contribution >= 0.6 is 23.4 Å². The molecule has 1 aromatic rings. The summed E-state index contributed by atoms with van der Waals surface area (Å²) in [5, 5.41) is 0.760. The Kier molecular flexibility index (Phi) is 4.70. The molecule has 2 atom stereocenters. The third-order valence-corrected chi connectivity index (χ3v) is 4.54. The van der Waals surface area contributed by atoms with Gasteiger partial charge in [-0.25, -0.2) is 0 Å². The lowest BCUT2D eigenvalue weighted by molar-refractivity contribution is 0.216. The number of hydrogen-bond acceptors (Lipinski definition) is 4. The van der Waals surface area contributed by atoms with Crippen molar-refractivity contribution in [3.63, 3.8) is 0 Å². The standard InChI is InChI=1S/C12H18ClN3S/c1-16-6-7-17-8-11(16)12(15-14)9-2-4-10(13)5-3-9/h2-5,11-12,15H,6-8,14H2,1H3. The molecule has 0 aromatic heterocycles. The quantitative estimate of drug-likeness (QED) is 0.651. The van der Waals surface area contributed by atoms with E-state index in [9.17, 15) is 0 Å². The summed E-state index contributed by atoms with van der Waals surface area (Å²) in [6.45, 7) is 1.11. The molecular weight excluding hydrogens is 254 g/mol. The Morgan fingerprint density at radius 1 is 1.47 bits per heavy atom. The largest absolute Gasteiger partial charge is 0.300 e. The third-order valence-electron chi connectivity index (χ3n) is 3.24. The molecule has 0 aliphatic carbocycles. The van der Waals surface area contributed by atoms with Crippen LogP contribution in [0.15, 0.2) is 24.3 Å². The van der Waals surface area contributed by atoms with E-state index in [1.54, 1.807) is 0 Å². The second-order valence-corrected chi connectivity index (χ2v) is 5.91. The van der Waals surface area contributed by atoms with Crippen LogP contribution in [0.2, 0.25) is 5.02 Å². The van der Waals surface area contributed by atoms with Gasteiger partial charge >= 0.3 is 0 Å². The molecule has 3 nitrogen and oxygen atoms in total. The Morgan fingerprint density at radius 3 is 2.76 bits per heavy atom. The molecule has 0 saturated carbocycles. The van der Waals surface area contributed by atoms with Gasteiger partial charge in [0.25, 0.3) is 0 Å². The van der Waals surface area contributed by atoms with Gasteiger partial charge in [-0.2, -0.15) is 11.8 Å². The summed E-state index contributed by atoms with van der Waals surface area (Å²) in [7, 11) is 2.16. The summed E-state index contributed by atoms with van der Waals surface area (Å²) in [6, 6.07) is 8.50. The van der Waals surface area contributed by atoms with E-state index in [2.05, 4.69) is 17.4 Å². The number of hydrogen-bond donors (Lipinski definition) is 2. The van der Waals surface area contributed by atoms with Gasteiger partial charge in [0.05, 0.1) is 6.04 Å². The molecule has 5 heteroatoms. The van der Waals surface area contributed by atoms with Crippen LogP contribution in [-0.2, 0) is 0 Å². The number of halogens is 1. The van der Waals surface area contributed by atoms with Gasteiger partial charge in [-0.15, -0.1) is 0 Å². The molecule has 2 rings (SSSR count). The van der Waals surface area contributed by atoms with Gasteiger partial charge in [0.1, 0.15) is 0 Å². The first-order chi connectivity index (χ1) is 8.22. The molecule has 0 radical (unpaired) electrons. The molecule has 17 heavy (non-hydrogen) atoms. The minimum atomic E-state index is 0.157. The molecular formula is C12H18ClN3S. The van der Waals surface area contributed by atoms with Crippen LogP contribution in [0.5, 0.6) is 0 Å². The fourth-order valence-electron chi connectivity index (χ4n) is 2.16. The molecule has 1 saturated heterocycles. The highest BCUT2D eigenvalue weighted by atomic mass is 35.5. The van der Waals surface area contributed by atoms with E-state index >= 15 is 0 Å². The van der Waals surface area contributed by atoms with E-state index in [4.69, 9.17) is 17.4 Å². The molecule has 3 N–H and O–H groups in total. The Morgan fingerprint density at radius 2 is 2.18 bits per heavy atom. The molecule has 1 aromatic carbocycles. The third kappa shape index (κ3) is 3.14. The highest BCUT2D eigenvalue weighted by molar-refractivity contribution is 7.99. The zero-order valence-corrected chi connectivity index (χ0v) is 11.5. The number of hydrazine groups is 1. The van der Waals surface area contributed by atoms with Crippen LogP contribution < -0.4 is 11.3 Å². The average Bonchev–Trinajstić information content (AvgIpc) is 2.35. The number of rotatable bonds is 3. The summed E-state index contributed by atoms with van der Waals surface area (Å²) >= 11 is 7.89. The predicted molar refractivity (Wildman–Crippen MR) is 75.3 cm³/mol. The summed E-state index contributed by atoms with van der Waals surface area (Å²) < 4.78 is 0. The summed E-state index contributed by atoms with van der Waals surface area (Å²) in [5.41, 5.74) is 4.13.